The molecule has 28 heavy (non-hydrogen) atoms. The summed E-state index contributed by atoms with van der Waals surface area (Å²) in [6.07, 6.45) is 5.31. The normalized spacial score (nSPS) is 18.4. The number of hydrogen-bond acceptors (Lipinski definition) is 5. The Kier molecular flexibility index (Phi) is 6.83. The van der Waals surface area contributed by atoms with Gasteiger partial charge in [-0.1, -0.05) is 30.3 Å². The summed E-state index contributed by atoms with van der Waals surface area (Å²) in [4.78, 5) is 12.9. The Balaban J connectivity index is 1.67. The van der Waals surface area contributed by atoms with Crippen molar-refractivity contribution in [3.63, 3.8) is 0 Å². The zero-order chi connectivity index (χ0) is 20.0. The molecule has 1 aromatic heterocycles. The second-order valence-electron chi connectivity index (χ2n) is 7.56. The number of rotatable bonds is 8. The minimum atomic E-state index is -0.419. The van der Waals surface area contributed by atoms with E-state index in [2.05, 4.69) is 52.2 Å². The molecular weight excluding hydrogens is 354 g/mol. The van der Waals surface area contributed by atoms with Gasteiger partial charge in [0.15, 0.2) is 0 Å². The summed E-state index contributed by atoms with van der Waals surface area (Å²) in [5.41, 5.74) is 1.91. The molecule has 1 fully saturated rings. The van der Waals surface area contributed by atoms with Crippen molar-refractivity contribution < 1.29 is 9.53 Å². The molecule has 3 rings (SSSR count). The van der Waals surface area contributed by atoms with Crippen LogP contribution in [0.5, 0.6) is 0 Å². The molecule has 7 nitrogen and oxygen atoms in total. The zero-order valence-corrected chi connectivity index (χ0v) is 16.9. The average molecular weight is 386 g/mol. The van der Waals surface area contributed by atoms with Gasteiger partial charge in [0.1, 0.15) is 6.04 Å². The van der Waals surface area contributed by atoms with E-state index in [0.29, 0.717) is 19.8 Å². The molecule has 2 heterocycles. The highest BCUT2D eigenvalue weighted by atomic mass is 16.5. The van der Waals surface area contributed by atoms with Crippen molar-refractivity contribution in [1.29, 1.82) is 0 Å². The Bertz CT molecular complexity index is 755. The number of ether oxygens (including phenoxy) is 1. The molecule has 1 aliphatic heterocycles. The van der Waals surface area contributed by atoms with Gasteiger partial charge in [0.2, 0.25) is 5.91 Å². The molecule has 0 bridgehead atoms. The van der Waals surface area contributed by atoms with Gasteiger partial charge in [-0.2, -0.15) is 5.10 Å². The molecule has 0 saturated carbocycles. The van der Waals surface area contributed by atoms with Crippen LogP contribution in [0, 0.1) is 0 Å². The zero-order valence-electron chi connectivity index (χ0n) is 16.9. The van der Waals surface area contributed by atoms with Gasteiger partial charge in [0, 0.05) is 50.1 Å². The second kappa shape index (κ2) is 9.32. The van der Waals surface area contributed by atoms with Crippen LogP contribution in [0.25, 0.3) is 0 Å². The van der Waals surface area contributed by atoms with Crippen LogP contribution in [0.1, 0.15) is 43.0 Å². The number of carbonyl (C=O) groups excluding carboxylic acids is 1. The molecule has 0 aliphatic carbocycles. The van der Waals surface area contributed by atoms with Crippen LogP contribution >= 0.6 is 0 Å². The summed E-state index contributed by atoms with van der Waals surface area (Å²) < 4.78 is 7.29. The van der Waals surface area contributed by atoms with Gasteiger partial charge in [0.05, 0.1) is 6.20 Å². The SMILES string of the molecule is CNC(C(=O)NCC1(NC(C)c2ccccc2)CCOCC1)c1cnn(C)c1. The molecule has 2 atom stereocenters. The summed E-state index contributed by atoms with van der Waals surface area (Å²) in [5.74, 6) is -0.0458. The van der Waals surface area contributed by atoms with Crippen LogP contribution in [-0.4, -0.2) is 48.0 Å². The van der Waals surface area contributed by atoms with Crippen molar-refractivity contribution in [2.45, 2.75) is 37.4 Å². The fourth-order valence-electron chi connectivity index (χ4n) is 3.82. The standard InChI is InChI=1S/C21H31N5O2/c1-16(17-7-5-4-6-8-17)25-21(9-11-28-12-10-21)15-23-20(27)19(22-2)18-13-24-26(3)14-18/h4-8,13-14,16,19,22,25H,9-12,15H2,1-3H3,(H,23,27). The second-order valence-corrected chi connectivity index (χ2v) is 7.56. The minimum Gasteiger partial charge on any atom is -0.381 e. The van der Waals surface area contributed by atoms with E-state index >= 15 is 0 Å². The van der Waals surface area contributed by atoms with Crippen molar-refractivity contribution in [3.8, 4) is 0 Å². The highest BCUT2D eigenvalue weighted by Gasteiger charge is 2.35. The van der Waals surface area contributed by atoms with E-state index in [4.69, 9.17) is 4.74 Å². The quantitative estimate of drug-likeness (QED) is 0.644. The van der Waals surface area contributed by atoms with E-state index in [-0.39, 0.29) is 17.5 Å². The van der Waals surface area contributed by atoms with E-state index in [1.54, 1.807) is 17.9 Å². The predicted octanol–water partition coefficient (Wildman–Crippen LogP) is 1.70. The van der Waals surface area contributed by atoms with E-state index in [0.717, 1.165) is 18.4 Å². The van der Waals surface area contributed by atoms with Gasteiger partial charge in [-0.3, -0.25) is 9.48 Å². The monoisotopic (exact) mass is 385 g/mol. The van der Waals surface area contributed by atoms with E-state index in [9.17, 15) is 4.79 Å². The number of nitrogens with zero attached hydrogens (tertiary/aromatic N) is 2. The van der Waals surface area contributed by atoms with Crippen LogP contribution in [0.15, 0.2) is 42.7 Å². The lowest BCUT2D eigenvalue weighted by molar-refractivity contribution is -0.123. The average Bonchev–Trinajstić information content (AvgIpc) is 3.14. The largest absolute Gasteiger partial charge is 0.381 e. The molecule has 1 aromatic carbocycles. The maximum atomic E-state index is 12.9. The van der Waals surface area contributed by atoms with E-state index < -0.39 is 6.04 Å². The first-order valence-electron chi connectivity index (χ1n) is 9.87. The molecule has 0 spiro atoms. The summed E-state index contributed by atoms with van der Waals surface area (Å²) in [5, 5.41) is 14.2. The maximum Gasteiger partial charge on any atom is 0.241 e. The fraction of sp³-hybridized carbons (Fsp3) is 0.524. The first-order chi connectivity index (χ1) is 13.5. The lowest BCUT2D eigenvalue weighted by atomic mass is 9.88. The summed E-state index contributed by atoms with van der Waals surface area (Å²) in [7, 11) is 3.64. The highest BCUT2D eigenvalue weighted by molar-refractivity contribution is 5.83. The van der Waals surface area contributed by atoms with E-state index in [1.807, 2.05) is 19.3 Å². The lowest BCUT2D eigenvalue weighted by Gasteiger charge is -2.41. The molecule has 1 amide bonds. The van der Waals surface area contributed by atoms with Gasteiger partial charge in [-0.05, 0) is 32.4 Å². The summed E-state index contributed by atoms with van der Waals surface area (Å²) in [6.45, 7) is 4.12. The third-order valence-corrected chi connectivity index (χ3v) is 5.48. The third-order valence-electron chi connectivity index (χ3n) is 5.48. The van der Waals surface area contributed by atoms with Crippen LogP contribution < -0.4 is 16.0 Å². The molecule has 2 aromatic rings. The van der Waals surface area contributed by atoms with Gasteiger partial charge in [-0.25, -0.2) is 0 Å². The van der Waals surface area contributed by atoms with Crippen LogP contribution in [0.4, 0.5) is 0 Å². The molecule has 7 heteroatoms. The van der Waals surface area contributed by atoms with Crippen molar-refractivity contribution >= 4 is 5.91 Å². The minimum absolute atomic E-state index is 0.0458. The number of hydrogen-bond donors (Lipinski definition) is 3. The Morgan fingerprint density at radius 1 is 1.25 bits per heavy atom. The molecular formula is C21H31N5O2. The van der Waals surface area contributed by atoms with Gasteiger partial charge in [0.25, 0.3) is 0 Å². The highest BCUT2D eigenvalue weighted by Crippen LogP contribution is 2.25. The molecule has 1 saturated heterocycles. The van der Waals surface area contributed by atoms with Crippen LogP contribution in [0.3, 0.4) is 0 Å². The van der Waals surface area contributed by atoms with Crippen molar-refractivity contribution in [1.82, 2.24) is 25.7 Å². The van der Waals surface area contributed by atoms with Crippen molar-refractivity contribution in [3.05, 3.63) is 53.9 Å². The number of aromatic nitrogens is 2. The molecule has 152 valence electrons. The summed E-state index contributed by atoms with van der Waals surface area (Å²) >= 11 is 0. The van der Waals surface area contributed by atoms with Crippen LogP contribution in [-0.2, 0) is 16.6 Å². The Labute approximate surface area is 166 Å². The van der Waals surface area contributed by atoms with Gasteiger partial charge in [-0.15, -0.1) is 0 Å². The Morgan fingerprint density at radius 3 is 2.57 bits per heavy atom. The number of amides is 1. The molecule has 1 aliphatic rings. The number of carbonyl (C=O) groups is 1. The summed E-state index contributed by atoms with van der Waals surface area (Å²) in [6, 6.07) is 10.2. The molecule has 0 radical (unpaired) electrons. The Morgan fingerprint density at radius 2 is 1.96 bits per heavy atom. The smallest absolute Gasteiger partial charge is 0.241 e. The molecule has 2 unspecified atom stereocenters. The third kappa shape index (κ3) is 4.98. The van der Waals surface area contributed by atoms with E-state index in [1.165, 1.54) is 5.56 Å². The maximum absolute atomic E-state index is 12.9. The molecule has 3 N–H and O–H groups in total. The first kappa shape index (κ1) is 20.5. The van der Waals surface area contributed by atoms with Crippen molar-refractivity contribution in [2.75, 3.05) is 26.8 Å². The van der Waals surface area contributed by atoms with Gasteiger partial charge >= 0.3 is 0 Å². The van der Waals surface area contributed by atoms with Gasteiger partial charge < -0.3 is 20.7 Å². The first-order valence-corrected chi connectivity index (χ1v) is 9.87. The number of benzene rings is 1. The topological polar surface area (TPSA) is 80.2 Å². The lowest BCUT2D eigenvalue weighted by Crippen LogP contribution is -2.57. The predicted molar refractivity (Wildman–Crippen MR) is 109 cm³/mol. The number of likely N-dealkylation sites (N-methyl/N-ethyl adjacent to an activating group) is 1. The van der Waals surface area contributed by atoms with Crippen molar-refractivity contribution in [2.24, 2.45) is 7.05 Å². The number of aryl methyl sites for hydroxylation is 1. The fourth-order valence-corrected chi connectivity index (χ4v) is 3.82. The van der Waals surface area contributed by atoms with Crippen LogP contribution in [0.2, 0.25) is 0 Å². The Hall–Kier alpha value is -2.22. The number of nitrogens with one attached hydrogen (secondary N) is 3.